The molecule has 1 aliphatic rings. The van der Waals surface area contributed by atoms with Gasteiger partial charge in [-0.15, -0.1) is 0 Å². The molecular weight excluding hydrogens is 314 g/mol. The lowest BCUT2D eigenvalue weighted by atomic mass is 10.0. The Morgan fingerprint density at radius 3 is 3.13 bits per heavy atom. The van der Waals surface area contributed by atoms with Crippen LogP contribution >= 0.6 is 11.6 Å². The van der Waals surface area contributed by atoms with Gasteiger partial charge >= 0.3 is 0 Å². The third kappa shape index (κ3) is 4.12. The van der Waals surface area contributed by atoms with Crippen LogP contribution in [-0.4, -0.2) is 28.7 Å². The van der Waals surface area contributed by atoms with Gasteiger partial charge in [0, 0.05) is 49.2 Å². The van der Waals surface area contributed by atoms with Gasteiger partial charge < -0.3 is 14.6 Å². The summed E-state index contributed by atoms with van der Waals surface area (Å²) >= 11 is 6.31. The highest BCUT2D eigenvalue weighted by Gasteiger charge is 2.17. The Morgan fingerprint density at radius 2 is 2.39 bits per heavy atom. The van der Waals surface area contributed by atoms with Gasteiger partial charge in [-0.25, -0.2) is 4.98 Å². The SMILES string of the molecule is O=C(CC[C@@H]1CCOC1)NCc1c(Cl)cccc1-n1ccnc1. The number of hydrogen-bond acceptors (Lipinski definition) is 3. The number of aromatic nitrogens is 2. The van der Waals surface area contributed by atoms with Crippen molar-refractivity contribution >= 4 is 17.5 Å². The van der Waals surface area contributed by atoms with Crippen LogP contribution in [0.25, 0.3) is 5.69 Å². The van der Waals surface area contributed by atoms with E-state index in [0.29, 0.717) is 23.9 Å². The monoisotopic (exact) mass is 333 g/mol. The maximum Gasteiger partial charge on any atom is 0.220 e. The summed E-state index contributed by atoms with van der Waals surface area (Å²) in [6, 6.07) is 5.69. The van der Waals surface area contributed by atoms with Crippen LogP contribution in [0.15, 0.2) is 36.9 Å². The second-order valence-electron chi connectivity index (χ2n) is 5.75. The predicted octanol–water partition coefficient (Wildman–Crippen LogP) is 2.96. The Hall–Kier alpha value is -1.85. The van der Waals surface area contributed by atoms with Gasteiger partial charge in [0.15, 0.2) is 0 Å². The number of hydrogen-bond donors (Lipinski definition) is 1. The standard InChI is InChI=1S/C17H20ClN3O2/c18-15-2-1-3-16(21-8-7-19-12-21)14(15)10-20-17(22)5-4-13-6-9-23-11-13/h1-3,7-8,12-13H,4-6,9-11H2,(H,20,22)/t13-/m1/s1. The molecule has 2 heterocycles. The molecule has 122 valence electrons. The second kappa shape index (κ2) is 7.62. The zero-order valence-electron chi connectivity index (χ0n) is 12.9. The molecule has 3 rings (SSSR count). The minimum atomic E-state index is 0.0494. The van der Waals surface area contributed by atoms with E-state index in [9.17, 15) is 4.79 Å². The Balaban J connectivity index is 1.60. The number of nitrogens with one attached hydrogen (secondary N) is 1. The Morgan fingerprint density at radius 1 is 1.48 bits per heavy atom. The molecule has 0 radical (unpaired) electrons. The van der Waals surface area contributed by atoms with Crippen LogP contribution in [0.4, 0.5) is 0 Å². The highest BCUT2D eigenvalue weighted by Crippen LogP contribution is 2.23. The second-order valence-corrected chi connectivity index (χ2v) is 6.16. The number of rotatable bonds is 6. The Kier molecular flexibility index (Phi) is 5.31. The first-order valence-corrected chi connectivity index (χ1v) is 8.22. The molecule has 5 nitrogen and oxygen atoms in total. The van der Waals surface area contributed by atoms with Gasteiger partial charge in [0.05, 0.1) is 12.0 Å². The quantitative estimate of drug-likeness (QED) is 0.884. The Bertz CT molecular complexity index is 652. The first-order valence-electron chi connectivity index (χ1n) is 7.84. The van der Waals surface area contributed by atoms with E-state index in [1.807, 2.05) is 29.0 Å². The predicted molar refractivity (Wildman–Crippen MR) is 88.6 cm³/mol. The highest BCUT2D eigenvalue weighted by molar-refractivity contribution is 6.31. The number of amides is 1. The molecule has 0 aliphatic carbocycles. The van der Waals surface area contributed by atoms with Gasteiger partial charge in [0.1, 0.15) is 0 Å². The molecule has 2 aromatic rings. The Labute approximate surface area is 140 Å². The molecule has 6 heteroatoms. The maximum atomic E-state index is 12.1. The summed E-state index contributed by atoms with van der Waals surface area (Å²) in [5.74, 6) is 0.566. The van der Waals surface area contributed by atoms with Crippen molar-refractivity contribution in [2.45, 2.75) is 25.8 Å². The molecule has 0 saturated carbocycles. The molecule has 1 aliphatic heterocycles. The third-order valence-corrected chi connectivity index (χ3v) is 4.50. The fraction of sp³-hybridized carbons (Fsp3) is 0.412. The minimum absolute atomic E-state index is 0.0494. The van der Waals surface area contributed by atoms with E-state index in [-0.39, 0.29) is 5.91 Å². The van der Waals surface area contributed by atoms with Crippen LogP contribution in [0.3, 0.4) is 0 Å². The number of halogens is 1. The van der Waals surface area contributed by atoms with Gasteiger partial charge in [0.25, 0.3) is 0 Å². The molecular formula is C17H20ClN3O2. The van der Waals surface area contributed by atoms with E-state index in [1.165, 1.54) is 0 Å². The topological polar surface area (TPSA) is 56.1 Å². The highest BCUT2D eigenvalue weighted by atomic mass is 35.5. The largest absolute Gasteiger partial charge is 0.381 e. The molecule has 1 amide bonds. The van der Waals surface area contributed by atoms with Gasteiger partial charge in [-0.3, -0.25) is 4.79 Å². The molecule has 1 atom stereocenters. The van der Waals surface area contributed by atoms with Crippen LogP contribution in [0, 0.1) is 5.92 Å². The molecule has 1 N–H and O–H groups in total. The van der Waals surface area contributed by atoms with E-state index in [4.69, 9.17) is 16.3 Å². The lowest BCUT2D eigenvalue weighted by Crippen LogP contribution is -2.24. The fourth-order valence-electron chi connectivity index (χ4n) is 2.79. The molecule has 1 saturated heterocycles. The van der Waals surface area contributed by atoms with E-state index >= 15 is 0 Å². The summed E-state index contributed by atoms with van der Waals surface area (Å²) in [5.41, 5.74) is 1.82. The van der Waals surface area contributed by atoms with Crippen molar-refractivity contribution in [1.29, 1.82) is 0 Å². The third-order valence-electron chi connectivity index (χ3n) is 4.14. The number of imidazole rings is 1. The summed E-state index contributed by atoms with van der Waals surface area (Å²) < 4.78 is 7.23. The summed E-state index contributed by atoms with van der Waals surface area (Å²) in [7, 11) is 0. The first-order chi connectivity index (χ1) is 11.2. The smallest absolute Gasteiger partial charge is 0.220 e. The molecule has 1 aromatic heterocycles. The van der Waals surface area contributed by atoms with Crippen LogP contribution in [0.1, 0.15) is 24.8 Å². The molecule has 0 spiro atoms. The summed E-state index contributed by atoms with van der Waals surface area (Å²) in [5, 5.41) is 3.61. The lowest BCUT2D eigenvalue weighted by molar-refractivity contribution is -0.121. The van der Waals surface area contributed by atoms with Gasteiger partial charge in [-0.2, -0.15) is 0 Å². The van der Waals surface area contributed by atoms with Gasteiger partial charge in [0.2, 0.25) is 5.91 Å². The average Bonchev–Trinajstić information content (AvgIpc) is 3.24. The van der Waals surface area contributed by atoms with E-state index < -0.39 is 0 Å². The van der Waals surface area contributed by atoms with Crippen molar-refractivity contribution in [3.8, 4) is 5.69 Å². The maximum absolute atomic E-state index is 12.1. The summed E-state index contributed by atoms with van der Waals surface area (Å²) in [6.07, 6.45) is 7.76. The molecule has 23 heavy (non-hydrogen) atoms. The number of carbonyl (C=O) groups is 1. The van der Waals surface area contributed by atoms with E-state index in [1.54, 1.807) is 12.5 Å². The summed E-state index contributed by atoms with van der Waals surface area (Å²) in [4.78, 5) is 16.1. The van der Waals surface area contributed by atoms with Gasteiger partial charge in [-0.05, 0) is 30.9 Å². The summed E-state index contributed by atoms with van der Waals surface area (Å²) in [6.45, 7) is 2.01. The van der Waals surface area contributed by atoms with Crippen molar-refractivity contribution in [2.24, 2.45) is 5.92 Å². The molecule has 0 bridgehead atoms. The van der Waals surface area contributed by atoms with Crippen LogP contribution in [-0.2, 0) is 16.1 Å². The van der Waals surface area contributed by atoms with Crippen LogP contribution < -0.4 is 5.32 Å². The molecule has 1 fully saturated rings. The van der Waals surface area contributed by atoms with Crippen molar-refractivity contribution in [3.05, 3.63) is 47.5 Å². The zero-order valence-corrected chi connectivity index (χ0v) is 13.6. The van der Waals surface area contributed by atoms with E-state index in [0.717, 1.165) is 37.3 Å². The lowest BCUT2D eigenvalue weighted by Gasteiger charge is -2.13. The number of nitrogens with zero attached hydrogens (tertiary/aromatic N) is 2. The van der Waals surface area contributed by atoms with Crippen molar-refractivity contribution < 1.29 is 9.53 Å². The number of benzene rings is 1. The van der Waals surface area contributed by atoms with Crippen molar-refractivity contribution in [2.75, 3.05) is 13.2 Å². The van der Waals surface area contributed by atoms with Crippen molar-refractivity contribution in [3.63, 3.8) is 0 Å². The fourth-order valence-corrected chi connectivity index (χ4v) is 3.02. The average molecular weight is 334 g/mol. The molecule has 1 aromatic carbocycles. The number of carbonyl (C=O) groups excluding carboxylic acids is 1. The zero-order chi connectivity index (χ0) is 16.1. The first kappa shape index (κ1) is 16.0. The van der Waals surface area contributed by atoms with Crippen LogP contribution in [0.2, 0.25) is 5.02 Å². The van der Waals surface area contributed by atoms with E-state index in [2.05, 4.69) is 10.3 Å². The number of ether oxygens (including phenoxy) is 1. The van der Waals surface area contributed by atoms with Crippen LogP contribution in [0.5, 0.6) is 0 Å². The van der Waals surface area contributed by atoms with Crippen molar-refractivity contribution in [1.82, 2.24) is 14.9 Å². The molecule has 0 unspecified atom stereocenters. The normalized spacial score (nSPS) is 17.3. The van der Waals surface area contributed by atoms with Gasteiger partial charge in [-0.1, -0.05) is 17.7 Å². The minimum Gasteiger partial charge on any atom is -0.381 e.